The molecule has 1 aromatic carbocycles. The van der Waals surface area contributed by atoms with Crippen LogP contribution in [-0.4, -0.2) is 47.2 Å². The Morgan fingerprint density at radius 3 is 2.59 bits per heavy atom. The minimum atomic E-state index is -3.74. The topological polar surface area (TPSA) is 77.9 Å². The Morgan fingerprint density at radius 1 is 1.14 bits per heavy atom. The van der Waals surface area contributed by atoms with E-state index in [0.717, 1.165) is 12.0 Å². The number of fused-ring (bicyclic) bond motifs is 1. The highest BCUT2D eigenvalue weighted by atomic mass is 32.2. The first kappa shape index (κ1) is 15.5. The lowest BCUT2D eigenvalue weighted by atomic mass is 10.0. The van der Waals surface area contributed by atoms with E-state index in [1.54, 1.807) is 0 Å². The van der Waals surface area contributed by atoms with Gasteiger partial charge in [-0.25, -0.2) is 0 Å². The van der Waals surface area contributed by atoms with Crippen molar-refractivity contribution in [3.8, 4) is 0 Å². The van der Waals surface area contributed by atoms with Crippen LogP contribution in [0.3, 0.4) is 0 Å². The zero-order valence-corrected chi connectivity index (χ0v) is 13.1. The van der Waals surface area contributed by atoms with Crippen LogP contribution in [0.5, 0.6) is 0 Å². The van der Waals surface area contributed by atoms with Gasteiger partial charge in [-0.2, -0.15) is 17.0 Å². The van der Waals surface area contributed by atoms with Crippen molar-refractivity contribution in [3.05, 3.63) is 35.4 Å². The molecule has 0 amide bonds. The quantitative estimate of drug-likeness (QED) is 0.907. The van der Waals surface area contributed by atoms with E-state index in [1.165, 1.54) is 14.2 Å². The van der Waals surface area contributed by atoms with Gasteiger partial charge in [-0.1, -0.05) is 24.3 Å². The van der Waals surface area contributed by atoms with Gasteiger partial charge < -0.3 is 5.11 Å². The van der Waals surface area contributed by atoms with Crippen molar-refractivity contribution in [1.29, 1.82) is 0 Å². The standard InChI is InChI=1S/C15H20N2O4S/c18-15(19)14-7-3-4-9-17(14)22(20,21)16-10-8-12-5-1-2-6-13(12)11-16/h1-2,5-6,14H,3-4,7-11H2,(H,18,19). The second-order valence-electron chi connectivity index (χ2n) is 5.82. The monoisotopic (exact) mass is 324 g/mol. The lowest BCUT2D eigenvalue weighted by Gasteiger charge is -2.37. The van der Waals surface area contributed by atoms with E-state index in [4.69, 9.17) is 0 Å². The van der Waals surface area contributed by atoms with Crippen molar-refractivity contribution < 1.29 is 18.3 Å². The van der Waals surface area contributed by atoms with E-state index in [0.29, 0.717) is 32.4 Å². The molecule has 1 atom stereocenters. The maximum absolute atomic E-state index is 12.9. The SMILES string of the molecule is O=C(O)C1CCCCN1S(=O)(=O)N1CCc2ccccc2C1. The highest BCUT2D eigenvalue weighted by Crippen LogP contribution is 2.27. The second-order valence-corrected chi connectivity index (χ2v) is 7.70. The molecule has 0 spiro atoms. The third-order valence-corrected chi connectivity index (χ3v) is 6.45. The first-order valence-corrected chi connectivity index (χ1v) is 8.96. The lowest BCUT2D eigenvalue weighted by molar-refractivity contribution is -0.142. The summed E-state index contributed by atoms with van der Waals surface area (Å²) in [6, 6.07) is 6.86. The number of carboxylic acid groups (broad SMARTS) is 1. The summed E-state index contributed by atoms with van der Waals surface area (Å²) in [5.41, 5.74) is 2.17. The van der Waals surface area contributed by atoms with E-state index < -0.39 is 22.2 Å². The molecule has 1 saturated heterocycles. The molecule has 1 aromatic rings. The van der Waals surface area contributed by atoms with E-state index >= 15 is 0 Å². The minimum absolute atomic E-state index is 0.289. The van der Waals surface area contributed by atoms with Gasteiger partial charge in [-0.05, 0) is 36.8 Å². The van der Waals surface area contributed by atoms with Crippen LogP contribution in [0.2, 0.25) is 0 Å². The molecule has 0 bridgehead atoms. The third kappa shape index (κ3) is 2.76. The molecule has 120 valence electrons. The van der Waals surface area contributed by atoms with Gasteiger partial charge in [0.05, 0.1) is 0 Å². The number of carbonyl (C=O) groups is 1. The zero-order valence-electron chi connectivity index (χ0n) is 12.3. The molecule has 3 rings (SSSR count). The molecule has 1 N–H and O–H groups in total. The predicted molar refractivity (Wildman–Crippen MR) is 81.5 cm³/mol. The number of benzene rings is 1. The van der Waals surface area contributed by atoms with Crippen molar-refractivity contribution in [2.75, 3.05) is 13.1 Å². The number of hydrogen-bond acceptors (Lipinski definition) is 3. The second kappa shape index (κ2) is 5.98. The molecule has 1 unspecified atom stereocenters. The lowest BCUT2D eigenvalue weighted by Crippen LogP contribution is -2.54. The molecule has 22 heavy (non-hydrogen) atoms. The molecule has 1 fully saturated rings. The van der Waals surface area contributed by atoms with Crippen LogP contribution in [0.25, 0.3) is 0 Å². The van der Waals surface area contributed by atoms with Gasteiger partial charge in [0.15, 0.2) is 0 Å². The van der Waals surface area contributed by atoms with Crippen LogP contribution in [0, 0.1) is 0 Å². The molecule has 0 radical (unpaired) electrons. The molecule has 0 saturated carbocycles. The number of hydrogen-bond donors (Lipinski definition) is 1. The summed E-state index contributed by atoms with van der Waals surface area (Å²) >= 11 is 0. The van der Waals surface area contributed by atoms with Crippen molar-refractivity contribution >= 4 is 16.2 Å². The molecular formula is C15H20N2O4S. The smallest absolute Gasteiger partial charge is 0.322 e. The number of aliphatic carboxylic acids is 1. The minimum Gasteiger partial charge on any atom is -0.480 e. The van der Waals surface area contributed by atoms with Crippen LogP contribution < -0.4 is 0 Å². The van der Waals surface area contributed by atoms with E-state index in [-0.39, 0.29) is 6.54 Å². The Balaban J connectivity index is 1.85. The molecule has 7 heteroatoms. The number of piperidine rings is 1. The average Bonchev–Trinajstić information content (AvgIpc) is 2.54. The highest BCUT2D eigenvalue weighted by Gasteiger charge is 2.40. The molecule has 6 nitrogen and oxygen atoms in total. The van der Waals surface area contributed by atoms with Gasteiger partial charge in [0.25, 0.3) is 10.2 Å². The summed E-state index contributed by atoms with van der Waals surface area (Å²) in [7, 11) is -3.74. The normalized spacial score (nSPS) is 23.9. The first-order valence-electron chi connectivity index (χ1n) is 7.56. The zero-order chi connectivity index (χ0) is 15.7. The van der Waals surface area contributed by atoms with E-state index in [1.807, 2.05) is 24.3 Å². The molecular weight excluding hydrogens is 304 g/mol. The summed E-state index contributed by atoms with van der Waals surface area (Å²) in [6.07, 6.45) is 2.53. The molecule has 2 aliphatic rings. The maximum atomic E-state index is 12.9. The summed E-state index contributed by atoms with van der Waals surface area (Å²) < 4.78 is 28.3. The third-order valence-electron chi connectivity index (χ3n) is 4.46. The highest BCUT2D eigenvalue weighted by molar-refractivity contribution is 7.86. The summed E-state index contributed by atoms with van der Waals surface area (Å²) in [4.78, 5) is 11.4. The van der Waals surface area contributed by atoms with Gasteiger partial charge in [0, 0.05) is 19.6 Å². The van der Waals surface area contributed by atoms with Gasteiger partial charge in [0.2, 0.25) is 0 Å². The Labute approximate surface area is 130 Å². The fraction of sp³-hybridized carbons (Fsp3) is 0.533. The van der Waals surface area contributed by atoms with Gasteiger partial charge >= 0.3 is 5.97 Å². The Kier molecular flexibility index (Phi) is 4.20. The van der Waals surface area contributed by atoms with Crippen molar-refractivity contribution in [2.24, 2.45) is 0 Å². The Hall–Kier alpha value is -1.44. The average molecular weight is 324 g/mol. The van der Waals surface area contributed by atoms with Crippen LogP contribution in [0.1, 0.15) is 30.4 Å². The summed E-state index contributed by atoms with van der Waals surface area (Å²) in [6.45, 7) is 1.01. The Bertz CT molecular complexity index is 674. The number of nitrogens with zero attached hydrogens (tertiary/aromatic N) is 2. The van der Waals surface area contributed by atoms with Gasteiger partial charge in [-0.3, -0.25) is 4.79 Å². The van der Waals surface area contributed by atoms with E-state index in [2.05, 4.69) is 0 Å². The van der Waals surface area contributed by atoms with Crippen LogP contribution in [-0.2, 0) is 28.0 Å². The number of carboxylic acids is 1. The molecule has 2 aliphatic heterocycles. The maximum Gasteiger partial charge on any atom is 0.322 e. The van der Waals surface area contributed by atoms with Crippen LogP contribution >= 0.6 is 0 Å². The largest absolute Gasteiger partial charge is 0.480 e. The van der Waals surface area contributed by atoms with Crippen LogP contribution in [0.15, 0.2) is 24.3 Å². The molecule has 0 aliphatic carbocycles. The molecule has 0 aromatic heterocycles. The summed E-state index contributed by atoms with van der Waals surface area (Å²) in [5, 5.41) is 9.30. The predicted octanol–water partition coefficient (Wildman–Crippen LogP) is 1.23. The number of rotatable bonds is 3. The van der Waals surface area contributed by atoms with Crippen molar-refractivity contribution in [1.82, 2.24) is 8.61 Å². The fourth-order valence-electron chi connectivity index (χ4n) is 3.24. The first-order chi connectivity index (χ1) is 10.5. The van der Waals surface area contributed by atoms with Crippen molar-refractivity contribution in [3.63, 3.8) is 0 Å². The Morgan fingerprint density at radius 2 is 1.86 bits per heavy atom. The van der Waals surface area contributed by atoms with Gasteiger partial charge in [-0.15, -0.1) is 0 Å². The van der Waals surface area contributed by atoms with Crippen LogP contribution in [0.4, 0.5) is 0 Å². The molecule has 2 heterocycles. The summed E-state index contributed by atoms with van der Waals surface area (Å²) in [5.74, 6) is -1.05. The van der Waals surface area contributed by atoms with Gasteiger partial charge in [0.1, 0.15) is 6.04 Å². The fourth-order valence-corrected chi connectivity index (χ4v) is 5.04. The van der Waals surface area contributed by atoms with E-state index in [9.17, 15) is 18.3 Å². The van der Waals surface area contributed by atoms with Crippen molar-refractivity contribution in [2.45, 2.75) is 38.3 Å².